The highest BCUT2D eigenvalue weighted by atomic mass is 32.2. The molecule has 1 aliphatic heterocycles. The Morgan fingerprint density at radius 1 is 1.10 bits per heavy atom. The first kappa shape index (κ1) is 20.2. The number of aromatic nitrogens is 1. The molecule has 1 N–H and O–H groups in total. The van der Waals surface area contributed by atoms with Crippen molar-refractivity contribution in [2.75, 3.05) is 10.2 Å². The van der Waals surface area contributed by atoms with E-state index in [0.717, 1.165) is 21.7 Å². The van der Waals surface area contributed by atoms with Crippen molar-refractivity contribution in [1.82, 2.24) is 4.98 Å². The first-order valence-corrected chi connectivity index (χ1v) is 10.7. The SMILES string of the molecule is Cc1ccc(C(=O)Nc2ccc3c(c2)Sc2ncccc2C(=O)N3C(C)C)c(C)c1. The van der Waals surface area contributed by atoms with Crippen LogP contribution < -0.4 is 10.2 Å². The number of benzene rings is 2. The lowest BCUT2D eigenvalue weighted by molar-refractivity contribution is 0.0975. The van der Waals surface area contributed by atoms with E-state index in [1.165, 1.54) is 11.8 Å². The van der Waals surface area contributed by atoms with Crippen LogP contribution in [0.25, 0.3) is 0 Å². The fourth-order valence-corrected chi connectivity index (χ4v) is 4.67. The van der Waals surface area contributed by atoms with Crippen LogP contribution >= 0.6 is 11.8 Å². The third-order valence-electron chi connectivity index (χ3n) is 5.05. The van der Waals surface area contributed by atoms with E-state index in [0.29, 0.717) is 21.8 Å². The number of hydrogen-bond acceptors (Lipinski definition) is 4. The molecule has 0 aliphatic carbocycles. The molecule has 6 heteroatoms. The molecule has 0 saturated carbocycles. The van der Waals surface area contributed by atoms with Gasteiger partial charge in [0.05, 0.1) is 11.3 Å². The second-order valence-electron chi connectivity index (χ2n) is 7.68. The van der Waals surface area contributed by atoms with Crippen LogP contribution in [0.2, 0.25) is 0 Å². The topological polar surface area (TPSA) is 62.3 Å². The number of pyridine rings is 1. The molecule has 1 aromatic heterocycles. The number of amides is 2. The van der Waals surface area contributed by atoms with Crippen molar-refractivity contribution in [3.63, 3.8) is 0 Å². The lowest BCUT2D eigenvalue weighted by Gasteiger charge is -2.27. The number of anilines is 2. The molecular formula is C24H23N3O2S. The van der Waals surface area contributed by atoms with Crippen LogP contribution in [0.3, 0.4) is 0 Å². The summed E-state index contributed by atoms with van der Waals surface area (Å²) >= 11 is 1.45. The van der Waals surface area contributed by atoms with Crippen molar-refractivity contribution in [3.05, 3.63) is 77.0 Å². The van der Waals surface area contributed by atoms with Crippen molar-refractivity contribution >= 4 is 35.0 Å². The van der Waals surface area contributed by atoms with E-state index < -0.39 is 0 Å². The Labute approximate surface area is 180 Å². The average molecular weight is 418 g/mol. The maximum absolute atomic E-state index is 13.2. The molecule has 0 radical (unpaired) electrons. The van der Waals surface area contributed by atoms with Gasteiger partial charge in [0, 0.05) is 28.4 Å². The fourth-order valence-electron chi connectivity index (χ4n) is 3.63. The van der Waals surface area contributed by atoms with Crippen LogP contribution in [0.15, 0.2) is 64.6 Å². The highest BCUT2D eigenvalue weighted by Gasteiger charge is 2.30. The van der Waals surface area contributed by atoms with Gasteiger partial charge in [0.2, 0.25) is 0 Å². The Bertz CT molecular complexity index is 1160. The van der Waals surface area contributed by atoms with E-state index in [9.17, 15) is 9.59 Å². The van der Waals surface area contributed by atoms with Gasteiger partial charge in [-0.15, -0.1) is 0 Å². The van der Waals surface area contributed by atoms with Gasteiger partial charge in [-0.05, 0) is 69.7 Å². The minimum atomic E-state index is -0.151. The van der Waals surface area contributed by atoms with Crippen LogP contribution in [0.4, 0.5) is 11.4 Å². The van der Waals surface area contributed by atoms with Gasteiger partial charge in [0.1, 0.15) is 5.03 Å². The molecule has 30 heavy (non-hydrogen) atoms. The Hall–Kier alpha value is -3.12. The zero-order valence-electron chi connectivity index (χ0n) is 17.4. The molecule has 0 atom stereocenters. The number of aryl methyl sites for hydroxylation is 2. The van der Waals surface area contributed by atoms with E-state index in [1.807, 2.05) is 70.2 Å². The van der Waals surface area contributed by atoms with E-state index in [4.69, 9.17) is 0 Å². The maximum atomic E-state index is 13.2. The van der Waals surface area contributed by atoms with Crippen molar-refractivity contribution in [1.29, 1.82) is 0 Å². The molecule has 0 bridgehead atoms. The number of nitrogens with one attached hydrogen (secondary N) is 1. The summed E-state index contributed by atoms with van der Waals surface area (Å²) in [6, 6.07) is 15.0. The van der Waals surface area contributed by atoms with Crippen molar-refractivity contribution in [3.8, 4) is 0 Å². The second kappa shape index (κ2) is 7.95. The smallest absolute Gasteiger partial charge is 0.261 e. The zero-order chi connectivity index (χ0) is 21.4. The Morgan fingerprint density at radius 2 is 1.90 bits per heavy atom. The number of hydrogen-bond donors (Lipinski definition) is 1. The molecule has 2 heterocycles. The van der Waals surface area contributed by atoms with Crippen LogP contribution in [0, 0.1) is 13.8 Å². The summed E-state index contributed by atoms with van der Waals surface area (Å²) in [6.45, 7) is 7.92. The number of carbonyl (C=O) groups is 2. The van der Waals surface area contributed by atoms with Crippen LogP contribution in [-0.4, -0.2) is 22.8 Å². The number of nitrogens with zero attached hydrogens (tertiary/aromatic N) is 2. The monoisotopic (exact) mass is 417 g/mol. The van der Waals surface area contributed by atoms with E-state index in [1.54, 1.807) is 17.2 Å². The minimum Gasteiger partial charge on any atom is -0.322 e. The molecule has 1 aliphatic rings. The summed E-state index contributed by atoms with van der Waals surface area (Å²) in [5, 5.41) is 3.66. The second-order valence-corrected chi connectivity index (χ2v) is 8.71. The van der Waals surface area contributed by atoms with Gasteiger partial charge in [0.25, 0.3) is 11.8 Å². The molecule has 3 aromatic rings. The maximum Gasteiger partial charge on any atom is 0.261 e. The largest absolute Gasteiger partial charge is 0.322 e. The predicted molar refractivity (Wildman–Crippen MR) is 121 cm³/mol. The van der Waals surface area contributed by atoms with Crippen molar-refractivity contribution in [2.24, 2.45) is 0 Å². The molecule has 5 nitrogen and oxygen atoms in total. The molecule has 2 aromatic carbocycles. The summed E-state index contributed by atoms with van der Waals surface area (Å²) in [5.74, 6) is -0.215. The molecule has 2 amide bonds. The van der Waals surface area contributed by atoms with E-state index >= 15 is 0 Å². The fraction of sp³-hybridized carbons (Fsp3) is 0.208. The molecule has 0 unspecified atom stereocenters. The molecule has 0 saturated heterocycles. The Morgan fingerprint density at radius 3 is 2.63 bits per heavy atom. The summed E-state index contributed by atoms with van der Waals surface area (Å²) < 4.78 is 0. The quantitative estimate of drug-likeness (QED) is 0.614. The van der Waals surface area contributed by atoms with Crippen molar-refractivity contribution in [2.45, 2.75) is 43.7 Å². The third-order valence-corrected chi connectivity index (χ3v) is 6.11. The molecule has 152 valence electrons. The van der Waals surface area contributed by atoms with Gasteiger partial charge >= 0.3 is 0 Å². The van der Waals surface area contributed by atoms with E-state index in [-0.39, 0.29) is 17.9 Å². The Balaban J connectivity index is 1.71. The van der Waals surface area contributed by atoms with Crippen molar-refractivity contribution < 1.29 is 9.59 Å². The van der Waals surface area contributed by atoms with Gasteiger partial charge in [-0.3, -0.25) is 9.59 Å². The van der Waals surface area contributed by atoms with E-state index in [2.05, 4.69) is 10.3 Å². The first-order chi connectivity index (χ1) is 14.3. The highest BCUT2D eigenvalue weighted by Crippen LogP contribution is 2.42. The lowest BCUT2D eigenvalue weighted by atomic mass is 10.1. The summed E-state index contributed by atoms with van der Waals surface area (Å²) in [7, 11) is 0. The molecular weight excluding hydrogens is 394 g/mol. The normalized spacial score (nSPS) is 13.0. The summed E-state index contributed by atoms with van der Waals surface area (Å²) in [6.07, 6.45) is 1.69. The number of carbonyl (C=O) groups excluding carboxylic acids is 2. The lowest BCUT2D eigenvalue weighted by Crippen LogP contribution is -2.37. The van der Waals surface area contributed by atoms with Crippen LogP contribution in [0.1, 0.15) is 45.7 Å². The van der Waals surface area contributed by atoms with Gasteiger partial charge in [0.15, 0.2) is 0 Å². The number of fused-ring (bicyclic) bond motifs is 2. The van der Waals surface area contributed by atoms with Crippen LogP contribution in [-0.2, 0) is 0 Å². The average Bonchev–Trinajstić information content (AvgIpc) is 2.81. The van der Waals surface area contributed by atoms with Gasteiger partial charge < -0.3 is 10.2 Å². The summed E-state index contributed by atoms with van der Waals surface area (Å²) in [4.78, 5) is 33.0. The third kappa shape index (κ3) is 3.71. The predicted octanol–water partition coefficient (Wildman–Crippen LogP) is 5.47. The van der Waals surface area contributed by atoms with Crippen LogP contribution in [0.5, 0.6) is 0 Å². The molecule has 0 spiro atoms. The van der Waals surface area contributed by atoms with Gasteiger partial charge in [-0.1, -0.05) is 29.5 Å². The summed E-state index contributed by atoms with van der Waals surface area (Å²) in [5.41, 5.74) is 4.80. The Kier molecular flexibility index (Phi) is 5.35. The first-order valence-electron chi connectivity index (χ1n) is 9.84. The molecule has 0 fully saturated rings. The highest BCUT2D eigenvalue weighted by molar-refractivity contribution is 7.99. The number of rotatable bonds is 3. The van der Waals surface area contributed by atoms with Gasteiger partial charge in [-0.2, -0.15) is 0 Å². The standard InChI is InChI=1S/C24H23N3O2S/c1-14(2)27-20-10-8-17(26-22(28)18-9-7-15(3)12-16(18)4)13-21(20)30-23-19(24(27)29)6-5-11-25-23/h5-14H,1-4H3,(H,26,28). The molecule has 4 rings (SSSR count). The van der Waals surface area contributed by atoms with Gasteiger partial charge in [-0.25, -0.2) is 4.98 Å². The zero-order valence-corrected chi connectivity index (χ0v) is 18.2. The minimum absolute atomic E-state index is 0.0151.